The third kappa shape index (κ3) is 2.69. The van der Waals surface area contributed by atoms with Crippen LogP contribution in [0.3, 0.4) is 0 Å². The van der Waals surface area contributed by atoms with Gasteiger partial charge in [-0.2, -0.15) is 0 Å². The summed E-state index contributed by atoms with van der Waals surface area (Å²) in [5.74, 6) is 0.854. The molecule has 2 aromatic carbocycles. The van der Waals surface area contributed by atoms with E-state index in [9.17, 15) is 4.79 Å². The van der Waals surface area contributed by atoms with E-state index in [-0.39, 0.29) is 11.9 Å². The SMILES string of the molecule is O=C(Nc1ccccc1)[C@@H]1CCCN1c1ncnc2ccccc12. The summed E-state index contributed by atoms with van der Waals surface area (Å²) in [5.41, 5.74) is 1.72. The Hall–Kier alpha value is -2.95. The Bertz CT molecular complexity index is 860. The molecule has 0 spiro atoms. The molecule has 5 nitrogen and oxygen atoms in total. The van der Waals surface area contributed by atoms with E-state index in [1.807, 2.05) is 54.6 Å². The third-order valence-corrected chi connectivity index (χ3v) is 4.39. The first kappa shape index (κ1) is 14.6. The van der Waals surface area contributed by atoms with Gasteiger partial charge in [0.05, 0.1) is 5.52 Å². The van der Waals surface area contributed by atoms with Gasteiger partial charge in [0.25, 0.3) is 0 Å². The molecule has 4 rings (SSSR count). The van der Waals surface area contributed by atoms with Crippen LogP contribution in [0.2, 0.25) is 0 Å². The molecule has 1 amide bonds. The molecule has 1 aliphatic heterocycles. The molecule has 1 fully saturated rings. The Morgan fingerprint density at radius 3 is 2.71 bits per heavy atom. The molecule has 1 saturated heterocycles. The van der Waals surface area contributed by atoms with Gasteiger partial charge in [0, 0.05) is 17.6 Å². The lowest BCUT2D eigenvalue weighted by Gasteiger charge is -2.25. The van der Waals surface area contributed by atoms with Crippen LogP contribution >= 0.6 is 0 Å². The number of para-hydroxylation sites is 2. The predicted octanol–water partition coefficient (Wildman–Crippen LogP) is 3.24. The number of nitrogens with one attached hydrogen (secondary N) is 1. The van der Waals surface area contributed by atoms with Crippen LogP contribution < -0.4 is 10.2 Å². The van der Waals surface area contributed by atoms with Crippen molar-refractivity contribution in [3.8, 4) is 0 Å². The summed E-state index contributed by atoms with van der Waals surface area (Å²) >= 11 is 0. The quantitative estimate of drug-likeness (QED) is 0.805. The van der Waals surface area contributed by atoms with Gasteiger partial charge in [-0.05, 0) is 37.1 Å². The van der Waals surface area contributed by atoms with E-state index in [4.69, 9.17) is 0 Å². The monoisotopic (exact) mass is 318 g/mol. The second kappa shape index (κ2) is 6.28. The number of anilines is 2. The van der Waals surface area contributed by atoms with Crippen LogP contribution in [0.25, 0.3) is 10.9 Å². The van der Waals surface area contributed by atoms with Crippen LogP contribution in [0.15, 0.2) is 60.9 Å². The van der Waals surface area contributed by atoms with E-state index in [1.165, 1.54) is 0 Å². The molecular weight excluding hydrogens is 300 g/mol. The Morgan fingerprint density at radius 1 is 1.04 bits per heavy atom. The predicted molar refractivity (Wildman–Crippen MR) is 95.0 cm³/mol. The molecule has 0 aliphatic carbocycles. The number of fused-ring (bicyclic) bond motifs is 1. The van der Waals surface area contributed by atoms with Crippen LogP contribution in [-0.4, -0.2) is 28.5 Å². The topological polar surface area (TPSA) is 58.1 Å². The van der Waals surface area contributed by atoms with E-state index in [2.05, 4.69) is 20.2 Å². The molecular formula is C19H18N4O. The number of aromatic nitrogens is 2. The molecule has 0 saturated carbocycles. The van der Waals surface area contributed by atoms with Crippen molar-refractivity contribution in [2.24, 2.45) is 0 Å². The fraction of sp³-hybridized carbons (Fsp3) is 0.211. The standard InChI is InChI=1S/C19H18N4O/c24-19(22-14-7-2-1-3-8-14)17-11-6-12-23(17)18-15-9-4-5-10-16(15)20-13-21-18/h1-5,7-10,13,17H,6,11-12H2,(H,22,24)/t17-/m0/s1. The highest BCUT2D eigenvalue weighted by Crippen LogP contribution is 2.29. The highest BCUT2D eigenvalue weighted by Gasteiger charge is 2.32. The largest absolute Gasteiger partial charge is 0.344 e. The van der Waals surface area contributed by atoms with E-state index < -0.39 is 0 Å². The lowest BCUT2D eigenvalue weighted by Crippen LogP contribution is -2.40. The minimum absolute atomic E-state index is 0.0152. The normalized spacial score (nSPS) is 17.2. The summed E-state index contributed by atoms with van der Waals surface area (Å²) in [6.07, 6.45) is 3.38. The molecule has 1 N–H and O–H groups in total. The van der Waals surface area contributed by atoms with E-state index >= 15 is 0 Å². The number of nitrogens with zero attached hydrogens (tertiary/aromatic N) is 3. The van der Waals surface area contributed by atoms with Crippen molar-refractivity contribution in [2.45, 2.75) is 18.9 Å². The fourth-order valence-electron chi connectivity index (χ4n) is 3.26. The Morgan fingerprint density at radius 2 is 1.83 bits per heavy atom. The van der Waals surface area contributed by atoms with Gasteiger partial charge in [0.15, 0.2) is 0 Å². The summed E-state index contributed by atoms with van der Waals surface area (Å²) < 4.78 is 0. The lowest BCUT2D eigenvalue weighted by atomic mass is 10.1. The molecule has 5 heteroatoms. The highest BCUT2D eigenvalue weighted by molar-refractivity contribution is 5.99. The van der Waals surface area contributed by atoms with Crippen molar-refractivity contribution >= 4 is 28.3 Å². The number of carbonyl (C=O) groups is 1. The average Bonchev–Trinajstić information content (AvgIpc) is 3.12. The second-order valence-electron chi connectivity index (χ2n) is 5.92. The fourth-order valence-corrected chi connectivity index (χ4v) is 3.26. The first-order valence-corrected chi connectivity index (χ1v) is 8.15. The van der Waals surface area contributed by atoms with Crippen LogP contribution in [0, 0.1) is 0 Å². The number of hydrogen-bond acceptors (Lipinski definition) is 4. The molecule has 0 radical (unpaired) electrons. The van der Waals surface area contributed by atoms with Crippen molar-refractivity contribution in [2.75, 3.05) is 16.8 Å². The van der Waals surface area contributed by atoms with Crippen molar-refractivity contribution in [1.82, 2.24) is 9.97 Å². The van der Waals surface area contributed by atoms with Crippen LogP contribution in [0.4, 0.5) is 11.5 Å². The van der Waals surface area contributed by atoms with E-state index in [1.54, 1.807) is 6.33 Å². The van der Waals surface area contributed by atoms with Crippen molar-refractivity contribution in [3.05, 3.63) is 60.9 Å². The summed E-state index contributed by atoms with van der Waals surface area (Å²) in [7, 11) is 0. The molecule has 2 heterocycles. The Kier molecular flexibility index (Phi) is 3.83. The molecule has 0 bridgehead atoms. The summed E-state index contributed by atoms with van der Waals surface area (Å²) in [4.78, 5) is 23.6. The van der Waals surface area contributed by atoms with Crippen LogP contribution in [0.5, 0.6) is 0 Å². The number of hydrogen-bond donors (Lipinski definition) is 1. The minimum Gasteiger partial charge on any atom is -0.344 e. The molecule has 1 aromatic heterocycles. The van der Waals surface area contributed by atoms with Gasteiger partial charge >= 0.3 is 0 Å². The summed E-state index contributed by atoms with van der Waals surface area (Å²) in [6, 6.07) is 17.3. The first-order chi connectivity index (χ1) is 11.8. The zero-order valence-corrected chi connectivity index (χ0v) is 13.2. The average molecular weight is 318 g/mol. The minimum atomic E-state index is -0.205. The van der Waals surface area contributed by atoms with Gasteiger partial charge < -0.3 is 10.2 Å². The zero-order chi connectivity index (χ0) is 16.4. The summed E-state index contributed by atoms with van der Waals surface area (Å²) in [5, 5.41) is 3.99. The van der Waals surface area contributed by atoms with Gasteiger partial charge in [-0.25, -0.2) is 9.97 Å². The van der Waals surface area contributed by atoms with E-state index in [0.717, 1.165) is 41.8 Å². The first-order valence-electron chi connectivity index (χ1n) is 8.15. The number of amides is 1. The zero-order valence-electron chi connectivity index (χ0n) is 13.2. The lowest BCUT2D eigenvalue weighted by molar-refractivity contribution is -0.117. The third-order valence-electron chi connectivity index (χ3n) is 4.39. The smallest absolute Gasteiger partial charge is 0.247 e. The Labute approximate surface area is 140 Å². The Balaban J connectivity index is 1.64. The molecule has 3 aromatic rings. The maximum atomic E-state index is 12.7. The van der Waals surface area contributed by atoms with Gasteiger partial charge in [-0.15, -0.1) is 0 Å². The molecule has 1 aliphatic rings. The number of benzene rings is 2. The molecule has 0 unspecified atom stereocenters. The molecule has 24 heavy (non-hydrogen) atoms. The van der Waals surface area contributed by atoms with Crippen LogP contribution in [0.1, 0.15) is 12.8 Å². The summed E-state index contributed by atoms with van der Waals surface area (Å²) in [6.45, 7) is 0.827. The number of rotatable bonds is 3. The maximum absolute atomic E-state index is 12.7. The van der Waals surface area contributed by atoms with Gasteiger partial charge in [-0.3, -0.25) is 4.79 Å². The second-order valence-corrected chi connectivity index (χ2v) is 5.92. The van der Waals surface area contributed by atoms with Crippen molar-refractivity contribution in [1.29, 1.82) is 0 Å². The van der Waals surface area contributed by atoms with Crippen molar-refractivity contribution < 1.29 is 4.79 Å². The van der Waals surface area contributed by atoms with E-state index in [0.29, 0.717) is 0 Å². The number of carbonyl (C=O) groups excluding carboxylic acids is 1. The highest BCUT2D eigenvalue weighted by atomic mass is 16.2. The molecule has 120 valence electrons. The van der Waals surface area contributed by atoms with Crippen molar-refractivity contribution in [3.63, 3.8) is 0 Å². The van der Waals surface area contributed by atoms with Crippen LogP contribution in [-0.2, 0) is 4.79 Å². The van der Waals surface area contributed by atoms with Gasteiger partial charge in [0.2, 0.25) is 5.91 Å². The van der Waals surface area contributed by atoms with Gasteiger partial charge in [0.1, 0.15) is 18.2 Å². The maximum Gasteiger partial charge on any atom is 0.247 e. The van der Waals surface area contributed by atoms with Gasteiger partial charge in [-0.1, -0.05) is 30.3 Å². The molecule has 1 atom stereocenters.